The van der Waals surface area contributed by atoms with Crippen molar-refractivity contribution in [2.75, 3.05) is 5.32 Å². The molecule has 1 amide bonds. The van der Waals surface area contributed by atoms with Crippen LogP contribution in [0.5, 0.6) is 0 Å². The molecule has 1 N–H and O–H groups in total. The highest BCUT2D eigenvalue weighted by Crippen LogP contribution is 2.20. The Balaban J connectivity index is 1.78. The Morgan fingerprint density at radius 2 is 1.75 bits per heavy atom. The molecule has 5 nitrogen and oxygen atoms in total. The van der Waals surface area contributed by atoms with Gasteiger partial charge in [-0.25, -0.2) is 0 Å². The summed E-state index contributed by atoms with van der Waals surface area (Å²) in [5.41, 5.74) is 1.25. The van der Waals surface area contributed by atoms with Gasteiger partial charge in [-0.05, 0) is 28.5 Å². The SMILES string of the molecule is O=C(/C=C/c1cccc2ccccc12)Nc1cccc([N+](=O)[O-])c1. The number of hydrogen-bond donors (Lipinski definition) is 1. The summed E-state index contributed by atoms with van der Waals surface area (Å²) in [5.74, 6) is -0.344. The molecule has 0 saturated carbocycles. The van der Waals surface area contributed by atoms with E-state index in [0.717, 1.165) is 16.3 Å². The van der Waals surface area contributed by atoms with E-state index in [4.69, 9.17) is 0 Å². The van der Waals surface area contributed by atoms with Gasteiger partial charge in [-0.15, -0.1) is 0 Å². The number of hydrogen-bond acceptors (Lipinski definition) is 3. The summed E-state index contributed by atoms with van der Waals surface area (Å²) < 4.78 is 0. The molecule has 118 valence electrons. The zero-order chi connectivity index (χ0) is 16.9. The zero-order valence-electron chi connectivity index (χ0n) is 12.7. The molecule has 3 aromatic carbocycles. The van der Waals surface area contributed by atoms with Gasteiger partial charge in [0.15, 0.2) is 0 Å². The Bertz CT molecular complexity index is 943. The minimum Gasteiger partial charge on any atom is -0.322 e. The largest absolute Gasteiger partial charge is 0.322 e. The van der Waals surface area contributed by atoms with Gasteiger partial charge >= 0.3 is 0 Å². The number of amides is 1. The number of fused-ring (bicyclic) bond motifs is 1. The summed E-state index contributed by atoms with van der Waals surface area (Å²) in [7, 11) is 0. The van der Waals surface area contributed by atoms with Gasteiger partial charge in [0.25, 0.3) is 5.69 Å². The summed E-state index contributed by atoms with van der Waals surface area (Å²) in [6.45, 7) is 0. The summed E-state index contributed by atoms with van der Waals surface area (Å²) in [6, 6.07) is 19.6. The first-order valence-electron chi connectivity index (χ1n) is 7.35. The number of non-ortho nitro benzene ring substituents is 1. The lowest BCUT2D eigenvalue weighted by atomic mass is 10.0. The van der Waals surface area contributed by atoms with Gasteiger partial charge in [-0.2, -0.15) is 0 Å². The first-order chi connectivity index (χ1) is 11.6. The topological polar surface area (TPSA) is 72.2 Å². The van der Waals surface area contributed by atoms with Crippen LogP contribution in [0.3, 0.4) is 0 Å². The van der Waals surface area contributed by atoms with Crippen LogP contribution in [-0.4, -0.2) is 10.8 Å². The van der Waals surface area contributed by atoms with Crippen molar-refractivity contribution in [3.8, 4) is 0 Å². The van der Waals surface area contributed by atoms with Gasteiger partial charge in [0.1, 0.15) is 0 Å². The van der Waals surface area contributed by atoms with E-state index in [1.54, 1.807) is 12.1 Å². The Hall–Kier alpha value is -3.47. The Morgan fingerprint density at radius 3 is 2.58 bits per heavy atom. The van der Waals surface area contributed by atoms with E-state index < -0.39 is 4.92 Å². The maximum absolute atomic E-state index is 12.0. The van der Waals surface area contributed by atoms with Crippen molar-refractivity contribution in [2.24, 2.45) is 0 Å². The molecule has 3 aromatic rings. The van der Waals surface area contributed by atoms with E-state index in [0.29, 0.717) is 5.69 Å². The van der Waals surface area contributed by atoms with Crippen LogP contribution in [0.1, 0.15) is 5.56 Å². The predicted molar refractivity (Wildman–Crippen MR) is 94.7 cm³/mol. The van der Waals surface area contributed by atoms with Crippen LogP contribution < -0.4 is 5.32 Å². The molecule has 0 saturated heterocycles. The Morgan fingerprint density at radius 1 is 1.00 bits per heavy atom. The van der Waals surface area contributed by atoms with Crippen molar-refractivity contribution in [1.82, 2.24) is 0 Å². The van der Waals surface area contributed by atoms with Crippen LogP contribution in [0.15, 0.2) is 72.8 Å². The lowest BCUT2D eigenvalue weighted by Crippen LogP contribution is -2.07. The quantitative estimate of drug-likeness (QED) is 0.440. The highest BCUT2D eigenvalue weighted by molar-refractivity contribution is 6.03. The average Bonchev–Trinajstić information content (AvgIpc) is 2.60. The summed E-state index contributed by atoms with van der Waals surface area (Å²) in [5, 5.41) is 15.5. The predicted octanol–water partition coefficient (Wildman–Crippen LogP) is 4.40. The zero-order valence-corrected chi connectivity index (χ0v) is 12.7. The summed E-state index contributed by atoms with van der Waals surface area (Å²) >= 11 is 0. The van der Waals surface area contributed by atoms with Crippen LogP contribution in [0.25, 0.3) is 16.8 Å². The van der Waals surface area contributed by atoms with Gasteiger partial charge < -0.3 is 5.32 Å². The first-order valence-corrected chi connectivity index (χ1v) is 7.35. The van der Waals surface area contributed by atoms with E-state index >= 15 is 0 Å². The van der Waals surface area contributed by atoms with Crippen molar-refractivity contribution in [2.45, 2.75) is 0 Å². The molecule has 0 fully saturated rings. The van der Waals surface area contributed by atoms with Crippen molar-refractivity contribution < 1.29 is 9.72 Å². The molecule has 0 unspecified atom stereocenters. The fourth-order valence-corrected chi connectivity index (χ4v) is 2.44. The van der Waals surface area contributed by atoms with E-state index in [1.165, 1.54) is 24.3 Å². The van der Waals surface area contributed by atoms with Gasteiger partial charge in [-0.1, -0.05) is 48.5 Å². The van der Waals surface area contributed by atoms with Crippen molar-refractivity contribution in [3.05, 3.63) is 88.5 Å². The van der Waals surface area contributed by atoms with E-state index in [-0.39, 0.29) is 11.6 Å². The standard InChI is InChI=1S/C19H14N2O3/c22-19(20-16-8-4-9-17(13-16)21(23)24)12-11-15-7-3-6-14-5-1-2-10-18(14)15/h1-13H,(H,20,22)/b12-11+. The Kier molecular flexibility index (Phi) is 4.34. The van der Waals surface area contributed by atoms with Gasteiger partial charge in [0.05, 0.1) is 4.92 Å². The lowest BCUT2D eigenvalue weighted by molar-refractivity contribution is -0.384. The second kappa shape index (κ2) is 6.75. The molecule has 0 radical (unpaired) electrons. The molecule has 0 bridgehead atoms. The van der Waals surface area contributed by atoms with Crippen LogP contribution >= 0.6 is 0 Å². The van der Waals surface area contributed by atoms with E-state index in [1.807, 2.05) is 42.5 Å². The second-order valence-electron chi connectivity index (χ2n) is 5.20. The molecular formula is C19H14N2O3. The maximum Gasteiger partial charge on any atom is 0.271 e. The number of rotatable bonds is 4. The third-order valence-electron chi connectivity index (χ3n) is 3.56. The van der Waals surface area contributed by atoms with E-state index in [2.05, 4.69) is 5.32 Å². The number of carbonyl (C=O) groups is 1. The highest BCUT2D eigenvalue weighted by Gasteiger charge is 2.06. The number of nitrogens with one attached hydrogen (secondary N) is 1. The van der Waals surface area contributed by atoms with Gasteiger partial charge in [-0.3, -0.25) is 14.9 Å². The molecule has 0 heterocycles. The van der Waals surface area contributed by atoms with Crippen LogP contribution in [-0.2, 0) is 4.79 Å². The fourth-order valence-electron chi connectivity index (χ4n) is 2.44. The smallest absolute Gasteiger partial charge is 0.271 e. The van der Waals surface area contributed by atoms with Crippen LogP contribution in [0.2, 0.25) is 0 Å². The van der Waals surface area contributed by atoms with Crippen LogP contribution in [0.4, 0.5) is 11.4 Å². The molecular weight excluding hydrogens is 304 g/mol. The number of anilines is 1. The number of carbonyl (C=O) groups excluding carboxylic acids is 1. The minimum atomic E-state index is -0.498. The maximum atomic E-state index is 12.0. The number of nitro groups is 1. The molecule has 0 spiro atoms. The molecule has 0 aliphatic carbocycles. The van der Waals surface area contributed by atoms with Crippen molar-refractivity contribution >= 4 is 34.1 Å². The second-order valence-corrected chi connectivity index (χ2v) is 5.20. The molecule has 0 atom stereocenters. The summed E-state index contributed by atoms with van der Waals surface area (Å²) in [4.78, 5) is 22.3. The molecule has 3 rings (SSSR count). The molecule has 0 aliphatic rings. The number of benzene rings is 3. The summed E-state index contributed by atoms with van der Waals surface area (Å²) in [6.07, 6.45) is 3.15. The van der Waals surface area contributed by atoms with E-state index in [9.17, 15) is 14.9 Å². The number of nitro benzene ring substituents is 1. The first kappa shape index (κ1) is 15.4. The molecule has 5 heteroatoms. The van der Waals surface area contributed by atoms with Gasteiger partial charge in [0, 0.05) is 23.9 Å². The Labute approximate surface area is 138 Å². The molecule has 0 aliphatic heterocycles. The fraction of sp³-hybridized carbons (Fsp3) is 0. The highest BCUT2D eigenvalue weighted by atomic mass is 16.6. The number of nitrogens with zero attached hydrogens (tertiary/aromatic N) is 1. The molecule has 0 aromatic heterocycles. The van der Waals surface area contributed by atoms with Crippen LogP contribution in [0, 0.1) is 10.1 Å². The van der Waals surface area contributed by atoms with Gasteiger partial charge in [0.2, 0.25) is 5.91 Å². The lowest BCUT2D eigenvalue weighted by Gasteiger charge is -2.03. The third kappa shape index (κ3) is 3.47. The third-order valence-corrected chi connectivity index (χ3v) is 3.56. The normalized spacial score (nSPS) is 10.8. The minimum absolute atomic E-state index is 0.0640. The average molecular weight is 318 g/mol. The monoisotopic (exact) mass is 318 g/mol. The van der Waals surface area contributed by atoms with Crippen molar-refractivity contribution in [3.63, 3.8) is 0 Å². The molecule has 24 heavy (non-hydrogen) atoms. The van der Waals surface area contributed by atoms with Crippen molar-refractivity contribution in [1.29, 1.82) is 0 Å².